The third-order valence-corrected chi connectivity index (χ3v) is 2.96. The monoisotopic (exact) mass is 261 g/mol. The molecule has 5 heteroatoms. The summed E-state index contributed by atoms with van der Waals surface area (Å²) in [7, 11) is 0. The van der Waals surface area contributed by atoms with E-state index >= 15 is 0 Å². The van der Waals surface area contributed by atoms with Gasteiger partial charge in [0.25, 0.3) is 0 Å². The molecule has 100 valence electrons. The van der Waals surface area contributed by atoms with Gasteiger partial charge in [0.1, 0.15) is 5.82 Å². The van der Waals surface area contributed by atoms with E-state index in [1.165, 1.54) is 12.1 Å². The highest BCUT2D eigenvalue weighted by molar-refractivity contribution is 5.80. The topological polar surface area (TPSA) is 64.9 Å². The molecule has 0 spiro atoms. The molecule has 1 saturated carbocycles. The number of benzene rings is 1. The van der Waals surface area contributed by atoms with E-state index in [-0.39, 0.29) is 11.8 Å². The SMILES string of the molecule is N#Cc1cc(F)cc(CNCCNC(=O)C2CC2)c1. The van der Waals surface area contributed by atoms with Crippen molar-refractivity contribution in [1.29, 1.82) is 5.26 Å². The van der Waals surface area contributed by atoms with Crippen LogP contribution in [0, 0.1) is 23.1 Å². The maximum atomic E-state index is 13.2. The van der Waals surface area contributed by atoms with Crippen LogP contribution in [0.25, 0.3) is 0 Å². The molecule has 0 heterocycles. The van der Waals surface area contributed by atoms with Crippen LogP contribution in [-0.2, 0) is 11.3 Å². The number of nitrogens with zero attached hydrogens (tertiary/aromatic N) is 1. The molecule has 0 saturated heterocycles. The summed E-state index contributed by atoms with van der Waals surface area (Å²) in [4.78, 5) is 11.3. The first-order chi connectivity index (χ1) is 9.19. The van der Waals surface area contributed by atoms with Crippen LogP contribution in [0.4, 0.5) is 4.39 Å². The predicted octanol–water partition coefficient (Wildman–Crippen LogP) is 1.31. The Bertz CT molecular complexity index is 506. The van der Waals surface area contributed by atoms with Gasteiger partial charge in [-0.1, -0.05) is 0 Å². The molecule has 1 fully saturated rings. The average molecular weight is 261 g/mol. The molecule has 4 nitrogen and oxygen atoms in total. The van der Waals surface area contributed by atoms with Gasteiger partial charge in [0.15, 0.2) is 0 Å². The molecule has 0 bridgehead atoms. The van der Waals surface area contributed by atoms with Gasteiger partial charge in [-0.3, -0.25) is 4.79 Å². The minimum absolute atomic E-state index is 0.124. The van der Waals surface area contributed by atoms with Gasteiger partial charge in [-0.25, -0.2) is 4.39 Å². The highest BCUT2D eigenvalue weighted by atomic mass is 19.1. The third-order valence-electron chi connectivity index (χ3n) is 2.96. The zero-order chi connectivity index (χ0) is 13.7. The van der Waals surface area contributed by atoms with Gasteiger partial charge < -0.3 is 10.6 Å². The summed E-state index contributed by atoms with van der Waals surface area (Å²) in [6, 6.07) is 6.18. The van der Waals surface area contributed by atoms with E-state index in [0.717, 1.165) is 18.4 Å². The molecule has 0 atom stereocenters. The lowest BCUT2D eigenvalue weighted by atomic mass is 10.1. The molecule has 1 aliphatic carbocycles. The Balaban J connectivity index is 1.69. The van der Waals surface area contributed by atoms with E-state index in [9.17, 15) is 9.18 Å². The molecule has 0 unspecified atom stereocenters. The number of rotatable bonds is 6. The molecule has 0 radical (unpaired) electrons. The maximum Gasteiger partial charge on any atom is 0.223 e. The Morgan fingerprint density at radius 1 is 1.37 bits per heavy atom. The van der Waals surface area contributed by atoms with Gasteiger partial charge in [0.05, 0.1) is 11.6 Å². The van der Waals surface area contributed by atoms with Crippen molar-refractivity contribution in [2.75, 3.05) is 13.1 Å². The van der Waals surface area contributed by atoms with Crippen LogP contribution in [-0.4, -0.2) is 19.0 Å². The molecular weight excluding hydrogens is 245 g/mol. The van der Waals surface area contributed by atoms with Gasteiger partial charge in [-0.15, -0.1) is 0 Å². The second kappa shape index (κ2) is 6.30. The molecular formula is C14H16FN3O. The highest BCUT2D eigenvalue weighted by Gasteiger charge is 2.28. The van der Waals surface area contributed by atoms with E-state index in [0.29, 0.717) is 25.2 Å². The number of hydrogen-bond donors (Lipinski definition) is 2. The van der Waals surface area contributed by atoms with Gasteiger partial charge in [-0.05, 0) is 36.6 Å². The van der Waals surface area contributed by atoms with Crippen LogP contribution in [0.3, 0.4) is 0 Å². The number of carbonyl (C=O) groups excluding carboxylic acids is 1. The normalized spacial score (nSPS) is 13.9. The summed E-state index contributed by atoms with van der Waals surface area (Å²) >= 11 is 0. The molecule has 19 heavy (non-hydrogen) atoms. The van der Waals surface area contributed by atoms with Crippen LogP contribution in [0.5, 0.6) is 0 Å². The summed E-state index contributed by atoms with van der Waals surface area (Å²) < 4.78 is 13.2. The number of nitriles is 1. The Morgan fingerprint density at radius 2 is 2.16 bits per heavy atom. The van der Waals surface area contributed by atoms with Crippen molar-refractivity contribution in [1.82, 2.24) is 10.6 Å². The molecule has 2 N–H and O–H groups in total. The van der Waals surface area contributed by atoms with Crippen molar-refractivity contribution in [3.05, 3.63) is 35.1 Å². The third kappa shape index (κ3) is 4.34. The van der Waals surface area contributed by atoms with Gasteiger partial charge in [-0.2, -0.15) is 5.26 Å². The molecule has 1 aliphatic rings. The molecule has 2 rings (SSSR count). The Hall–Kier alpha value is -1.93. The quantitative estimate of drug-likeness (QED) is 0.759. The first-order valence-electron chi connectivity index (χ1n) is 6.37. The first-order valence-corrected chi connectivity index (χ1v) is 6.37. The maximum absolute atomic E-state index is 13.2. The number of hydrogen-bond acceptors (Lipinski definition) is 3. The predicted molar refractivity (Wildman–Crippen MR) is 68.6 cm³/mol. The Morgan fingerprint density at radius 3 is 2.84 bits per heavy atom. The lowest BCUT2D eigenvalue weighted by molar-refractivity contribution is -0.122. The zero-order valence-electron chi connectivity index (χ0n) is 10.6. The smallest absolute Gasteiger partial charge is 0.223 e. The summed E-state index contributed by atoms with van der Waals surface area (Å²) in [5.74, 6) is -0.0568. The van der Waals surface area contributed by atoms with Crippen molar-refractivity contribution in [3.8, 4) is 6.07 Å². The summed E-state index contributed by atoms with van der Waals surface area (Å²) in [5, 5.41) is 14.7. The van der Waals surface area contributed by atoms with Crippen molar-refractivity contribution < 1.29 is 9.18 Å². The van der Waals surface area contributed by atoms with Crippen molar-refractivity contribution in [3.63, 3.8) is 0 Å². The summed E-state index contributed by atoms with van der Waals surface area (Å²) in [6.07, 6.45) is 2.00. The van der Waals surface area contributed by atoms with E-state index in [1.54, 1.807) is 6.07 Å². The Labute approximate surface area is 111 Å². The number of carbonyl (C=O) groups is 1. The highest BCUT2D eigenvalue weighted by Crippen LogP contribution is 2.28. The van der Waals surface area contributed by atoms with E-state index in [4.69, 9.17) is 5.26 Å². The van der Waals surface area contributed by atoms with E-state index in [2.05, 4.69) is 10.6 Å². The fraction of sp³-hybridized carbons (Fsp3) is 0.429. The van der Waals surface area contributed by atoms with Crippen LogP contribution in [0.2, 0.25) is 0 Å². The van der Waals surface area contributed by atoms with Gasteiger partial charge in [0, 0.05) is 25.6 Å². The minimum atomic E-state index is -0.405. The molecule has 0 aliphatic heterocycles. The Kier molecular flexibility index (Phi) is 4.48. The number of nitrogens with one attached hydrogen (secondary N) is 2. The molecule has 1 aromatic rings. The fourth-order valence-electron chi connectivity index (χ4n) is 1.81. The zero-order valence-corrected chi connectivity index (χ0v) is 10.6. The van der Waals surface area contributed by atoms with E-state index < -0.39 is 5.82 Å². The van der Waals surface area contributed by atoms with Crippen LogP contribution >= 0.6 is 0 Å². The van der Waals surface area contributed by atoms with Crippen LogP contribution in [0.1, 0.15) is 24.0 Å². The fourth-order valence-corrected chi connectivity index (χ4v) is 1.81. The number of amides is 1. The first kappa shape index (κ1) is 13.5. The van der Waals surface area contributed by atoms with Crippen molar-refractivity contribution >= 4 is 5.91 Å². The molecule has 0 aromatic heterocycles. The second-order valence-electron chi connectivity index (χ2n) is 4.70. The van der Waals surface area contributed by atoms with Crippen LogP contribution < -0.4 is 10.6 Å². The average Bonchev–Trinajstić information content (AvgIpc) is 3.21. The van der Waals surface area contributed by atoms with Gasteiger partial charge >= 0.3 is 0 Å². The van der Waals surface area contributed by atoms with Crippen molar-refractivity contribution in [2.45, 2.75) is 19.4 Å². The standard InChI is InChI=1S/C14H16FN3O/c15-13-6-10(8-16)5-11(7-13)9-17-3-4-18-14(19)12-1-2-12/h5-7,12,17H,1-4,9H2,(H,18,19). The molecule has 1 amide bonds. The molecule has 1 aromatic carbocycles. The largest absolute Gasteiger partial charge is 0.355 e. The lowest BCUT2D eigenvalue weighted by Crippen LogP contribution is -2.32. The number of halogens is 1. The van der Waals surface area contributed by atoms with Crippen molar-refractivity contribution in [2.24, 2.45) is 5.92 Å². The summed E-state index contributed by atoms with van der Waals surface area (Å²) in [6.45, 7) is 1.67. The van der Waals surface area contributed by atoms with E-state index in [1.807, 2.05) is 6.07 Å². The second-order valence-corrected chi connectivity index (χ2v) is 4.70. The summed E-state index contributed by atoms with van der Waals surface area (Å²) in [5.41, 5.74) is 1.05. The minimum Gasteiger partial charge on any atom is -0.355 e. The van der Waals surface area contributed by atoms with Gasteiger partial charge in [0.2, 0.25) is 5.91 Å². The lowest BCUT2D eigenvalue weighted by Gasteiger charge is -2.07. The van der Waals surface area contributed by atoms with Crippen LogP contribution in [0.15, 0.2) is 18.2 Å².